The number of benzene rings is 3. The van der Waals surface area contributed by atoms with E-state index in [1.165, 1.54) is 0 Å². The van der Waals surface area contributed by atoms with Crippen molar-refractivity contribution in [2.45, 2.75) is 24.5 Å². The van der Waals surface area contributed by atoms with Gasteiger partial charge < -0.3 is 15.2 Å². The number of allylic oxidation sites excluding steroid dienone is 1. The zero-order valence-electron chi connectivity index (χ0n) is 17.1. The van der Waals surface area contributed by atoms with Crippen molar-refractivity contribution in [1.82, 2.24) is 0 Å². The van der Waals surface area contributed by atoms with E-state index in [9.17, 15) is 0 Å². The van der Waals surface area contributed by atoms with E-state index >= 15 is 0 Å². The first-order chi connectivity index (χ1) is 14.2. The number of hydrogen-bond acceptors (Lipinski definition) is 3. The summed E-state index contributed by atoms with van der Waals surface area (Å²) in [5.41, 5.74) is 9.37. The van der Waals surface area contributed by atoms with Crippen LogP contribution < -0.4 is 10.5 Å². The van der Waals surface area contributed by atoms with Gasteiger partial charge in [0, 0.05) is 13.2 Å². The van der Waals surface area contributed by atoms with E-state index in [2.05, 4.69) is 36.4 Å². The molecule has 3 aromatic carbocycles. The summed E-state index contributed by atoms with van der Waals surface area (Å²) >= 11 is 0. The fourth-order valence-corrected chi connectivity index (χ4v) is 3.77. The predicted molar refractivity (Wildman–Crippen MR) is 120 cm³/mol. The Hall–Kier alpha value is -2.88. The zero-order chi connectivity index (χ0) is 20.5. The molecule has 0 bridgehead atoms. The second-order valence-corrected chi connectivity index (χ2v) is 7.03. The molecule has 1 atom stereocenters. The number of methoxy groups -OCH3 is 2. The molecule has 29 heavy (non-hydrogen) atoms. The van der Waals surface area contributed by atoms with E-state index < -0.39 is 5.60 Å². The van der Waals surface area contributed by atoms with Gasteiger partial charge in [0.2, 0.25) is 0 Å². The Morgan fingerprint density at radius 2 is 1.38 bits per heavy atom. The molecule has 0 aliphatic heterocycles. The fourth-order valence-electron chi connectivity index (χ4n) is 3.77. The first kappa shape index (κ1) is 20.8. The van der Waals surface area contributed by atoms with E-state index in [0.29, 0.717) is 0 Å². The van der Waals surface area contributed by atoms with Crippen LogP contribution in [0.15, 0.2) is 91.0 Å². The first-order valence-corrected chi connectivity index (χ1v) is 9.93. The lowest BCUT2D eigenvalue weighted by Gasteiger charge is -2.39. The Labute approximate surface area is 173 Å². The molecular formula is C26H29NO2. The predicted octanol–water partition coefficient (Wildman–Crippen LogP) is 5.41. The average molecular weight is 388 g/mol. The molecule has 0 aromatic heterocycles. The van der Waals surface area contributed by atoms with Gasteiger partial charge in [0.15, 0.2) is 0 Å². The van der Waals surface area contributed by atoms with Crippen LogP contribution in [0, 0.1) is 0 Å². The topological polar surface area (TPSA) is 44.5 Å². The van der Waals surface area contributed by atoms with E-state index in [1.807, 2.05) is 60.7 Å². The second kappa shape index (κ2) is 10.1. The highest BCUT2D eigenvalue weighted by atomic mass is 16.5. The summed E-state index contributed by atoms with van der Waals surface area (Å²) in [5.74, 6) is 0.861. The summed E-state index contributed by atoms with van der Waals surface area (Å²) in [5, 5.41) is 0. The lowest BCUT2D eigenvalue weighted by molar-refractivity contribution is -0.00256. The first-order valence-electron chi connectivity index (χ1n) is 9.93. The van der Waals surface area contributed by atoms with Crippen molar-refractivity contribution in [3.8, 4) is 5.75 Å². The maximum atomic E-state index is 6.77. The molecule has 0 amide bonds. The molecule has 0 saturated heterocycles. The minimum atomic E-state index is -0.684. The lowest BCUT2D eigenvalue weighted by atomic mass is 9.78. The number of hydrogen-bond donors (Lipinski definition) is 1. The molecule has 0 aliphatic carbocycles. The van der Waals surface area contributed by atoms with Gasteiger partial charge in [-0.05, 0) is 41.7 Å². The molecule has 3 nitrogen and oxygen atoms in total. The van der Waals surface area contributed by atoms with Crippen LogP contribution in [-0.4, -0.2) is 20.3 Å². The van der Waals surface area contributed by atoms with Gasteiger partial charge in [-0.3, -0.25) is 0 Å². The summed E-state index contributed by atoms with van der Waals surface area (Å²) in [6.45, 7) is 0. The third-order valence-corrected chi connectivity index (χ3v) is 5.32. The Kier molecular flexibility index (Phi) is 7.23. The molecule has 0 saturated carbocycles. The molecule has 3 rings (SSSR count). The zero-order valence-corrected chi connectivity index (χ0v) is 17.1. The van der Waals surface area contributed by atoms with Gasteiger partial charge in [0.05, 0.1) is 7.11 Å². The molecular weight excluding hydrogens is 358 g/mol. The van der Waals surface area contributed by atoms with Gasteiger partial charge in [0.25, 0.3) is 0 Å². The van der Waals surface area contributed by atoms with Crippen LogP contribution in [0.3, 0.4) is 0 Å². The summed E-state index contributed by atoms with van der Waals surface area (Å²) in [4.78, 5) is 0. The van der Waals surface area contributed by atoms with E-state index in [1.54, 1.807) is 14.2 Å². The summed E-state index contributed by atoms with van der Waals surface area (Å²) < 4.78 is 11.4. The Balaban J connectivity index is 1.78. The number of nitrogens with two attached hydrogens (primary N) is 1. The average Bonchev–Trinajstić information content (AvgIpc) is 2.79. The standard InChI is InChI=1S/C26H29NO2/c1-28-24-19-17-21(18-20-24)11-9-10-16-25(27)26(29-2,22-12-5-3-6-13-22)23-14-7-4-8-15-23/h3-9,11-15,17-20,25H,10,16,27H2,1-2H3. The van der Waals surface area contributed by atoms with E-state index in [-0.39, 0.29) is 6.04 Å². The smallest absolute Gasteiger partial charge is 0.133 e. The molecule has 150 valence electrons. The van der Waals surface area contributed by atoms with Gasteiger partial charge in [0.1, 0.15) is 11.4 Å². The minimum absolute atomic E-state index is 0.196. The Bertz CT molecular complexity index is 850. The van der Waals surface area contributed by atoms with E-state index in [0.717, 1.165) is 35.3 Å². The minimum Gasteiger partial charge on any atom is -0.497 e. The van der Waals surface area contributed by atoms with Crippen molar-refractivity contribution in [1.29, 1.82) is 0 Å². The normalized spacial score (nSPS) is 12.8. The van der Waals surface area contributed by atoms with Crippen molar-refractivity contribution < 1.29 is 9.47 Å². The maximum absolute atomic E-state index is 6.77. The molecule has 3 heteroatoms. The van der Waals surface area contributed by atoms with Crippen LogP contribution in [0.25, 0.3) is 6.08 Å². The number of rotatable bonds is 9. The van der Waals surface area contributed by atoms with Crippen LogP contribution in [0.4, 0.5) is 0 Å². The highest BCUT2D eigenvalue weighted by Gasteiger charge is 2.40. The van der Waals surface area contributed by atoms with Crippen LogP contribution >= 0.6 is 0 Å². The third kappa shape index (κ3) is 4.76. The van der Waals surface area contributed by atoms with Crippen molar-refractivity contribution in [3.63, 3.8) is 0 Å². The molecule has 1 unspecified atom stereocenters. The van der Waals surface area contributed by atoms with E-state index in [4.69, 9.17) is 15.2 Å². The van der Waals surface area contributed by atoms with Gasteiger partial charge >= 0.3 is 0 Å². The largest absolute Gasteiger partial charge is 0.497 e. The van der Waals surface area contributed by atoms with Gasteiger partial charge in [-0.1, -0.05) is 84.9 Å². The molecule has 0 spiro atoms. The van der Waals surface area contributed by atoms with Crippen LogP contribution in [0.1, 0.15) is 29.5 Å². The van der Waals surface area contributed by atoms with Crippen LogP contribution in [0.5, 0.6) is 5.75 Å². The molecule has 0 fully saturated rings. The summed E-state index contributed by atoms with van der Waals surface area (Å²) in [7, 11) is 3.42. The van der Waals surface area contributed by atoms with Crippen molar-refractivity contribution in [3.05, 3.63) is 108 Å². The maximum Gasteiger partial charge on any atom is 0.133 e. The monoisotopic (exact) mass is 387 g/mol. The summed E-state index contributed by atoms with van der Waals surface area (Å²) in [6, 6.07) is 28.3. The highest BCUT2D eigenvalue weighted by Crippen LogP contribution is 2.37. The second-order valence-electron chi connectivity index (χ2n) is 7.03. The van der Waals surface area contributed by atoms with Crippen molar-refractivity contribution in [2.75, 3.05) is 14.2 Å². The van der Waals surface area contributed by atoms with Crippen LogP contribution in [-0.2, 0) is 10.3 Å². The lowest BCUT2D eigenvalue weighted by Crippen LogP contribution is -2.47. The van der Waals surface area contributed by atoms with Crippen LogP contribution in [0.2, 0.25) is 0 Å². The molecule has 2 N–H and O–H groups in total. The van der Waals surface area contributed by atoms with Crippen molar-refractivity contribution >= 4 is 6.08 Å². The summed E-state index contributed by atoms with van der Waals surface area (Å²) in [6.07, 6.45) is 5.94. The Morgan fingerprint density at radius 3 is 1.86 bits per heavy atom. The van der Waals surface area contributed by atoms with Gasteiger partial charge in [-0.25, -0.2) is 0 Å². The molecule has 3 aromatic rings. The molecule has 0 radical (unpaired) electrons. The van der Waals surface area contributed by atoms with Gasteiger partial charge in [-0.2, -0.15) is 0 Å². The molecule has 0 aliphatic rings. The quantitative estimate of drug-likeness (QED) is 0.534. The molecule has 0 heterocycles. The van der Waals surface area contributed by atoms with Gasteiger partial charge in [-0.15, -0.1) is 0 Å². The number of ether oxygens (including phenoxy) is 2. The Morgan fingerprint density at radius 1 is 0.828 bits per heavy atom. The third-order valence-electron chi connectivity index (χ3n) is 5.32. The fraction of sp³-hybridized carbons (Fsp3) is 0.231. The SMILES string of the molecule is COc1ccc(C=CCCC(N)C(OC)(c2ccccc2)c2ccccc2)cc1. The van der Waals surface area contributed by atoms with Crippen molar-refractivity contribution in [2.24, 2.45) is 5.73 Å². The highest BCUT2D eigenvalue weighted by molar-refractivity contribution is 5.50.